The summed E-state index contributed by atoms with van der Waals surface area (Å²) in [5.41, 5.74) is 0.450. The molecule has 0 fully saturated rings. The van der Waals surface area contributed by atoms with Crippen molar-refractivity contribution in [1.29, 1.82) is 0 Å². The first kappa shape index (κ1) is 16.0. The van der Waals surface area contributed by atoms with Crippen molar-refractivity contribution < 1.29 is 19.8 Å². The molecule has 1 amide bonds. The Morgan fingerprint density at radius 2 is 1.75 bits per heavy atom. The van der Waals surface area contributed by atoms with Crippen LogP contribution in [0, 0.1) is 0 Å². The van der Waals surface area contributed by atoms with Gasteiger partial charge in [-0.25, -0.2) is 0 Å². The standard InChI is InChI=1S/C15H21NO4/c17-13-8-6-7-12(11-13)15(20)16-10-5-3-1-2-4-9-14(18)19/h6-8,11,17H,1-5,9-10H2,(H,16,20)(H,18,19). The maximum absolute atomic E-state index is 11.7. The number of nitrogens with one attached hydrogen (secondary N) is 1. The van der Waals surface area contributed by atoms with Gasteiger partial charge in [-0.05, 0) is 31.0 Å². The van der Waals surface area contributed by atoms with E-state index in [1.807, 2.05) is 0 Å². The molecule has 0 aliphatic carbocycles. The average molecular weight is 279 g/mol. The Morgan fingerprint density at radius 3 is 2.45 bits per heavy atom. The molecule has 0 radical (unpaired) electrons. The lowest BCUT2D eigenvalue weighted by Crippen LogP contribution is -2.24. The first-order valence-electron chi connectivity index (χ1n) is 6.88. The number of carboxylic acids is 1. The number of phenols is 1. The highest BCUT2D eigenvalue weighted by atomic mass is 16.4. The molecule has 20 heavy (non-hydrogen) atoms. The molecule has 0 aromatic heterocycles. The van der Waals surface area contributed by atoms with Crippen molar-refractivity contribution in [2.75, 3.05) is 6.54 Å². The molecular formula is C15H21NO4. The number of hydrogen-bond donors (Lipinski definition) is 3. The van der Waals surface area contributed by atoms with Gasteiger partial charge in [-0.2, -0.15) is 0 Å². The highest BCUT2D eigenvalue weighted by Crippen LogP contribution is 2.10. The monoisotopic (exact) mass is 279 g/mol. The van der Waals surface area contributed by atoms with Crippen LogP contribution in [0.1, 0.15) is 48.9 Å². The molecule has 1 aromatic rings. The molecule has 5 heteroatoms. The Balaban J connectivity index is 2.06. The maximum Gasteiger partial charge on any atom is 0.303 e. The van der Waals surface area contributed by atoms with E-state index in [0.29, 0.717) is 18.5 Å². The van der Waals surface area contributed by atoms with Gasteiger partial charge in [-0.1, -0.05) is 25.3 Å². The lowest BCUT2D eigenvalue weighted by atomic mass is 10.1. The number of hydrogen-bond acceptors (Lipinski definition) is 3. The van der Waals surface area contributed by atoms with Crippen LogP contribution in [-0.4, -0.2) is 28.6 Å². The zero-order valence-corrected chi connectivity index (χ0v) is 11.5. The normalized spacial score (nSPS) is 10.2. The first-order valence-corrected chi connectivity index (χ1v) is 6.88. The minimum absolute atomic E-state index is 0.0797. The molecule has 110 valence electrons. The summed E-state index contributed by atoms with van der Waals surface area (Å²) in [5, 5.41) is 20.5. The molecule has 1 aromatic carbocycles. The molecule has 0 aliphatic rings. The number of unbranched alkanes of at least 4 members (excludes halogenated alkanes) is 4. The third-order valence-corrected chi connectivity index (χ3v) is 2.96. The molecule has 0 heterocycles. The zero-order chi connectivity index (χ0) is 14.8. The minimum atomic E-state index is -0.747. The number of carbonyl (C=O) groups is 2. The fraction of sp³-hybridized carbons (Fsp3) is 0.467. The van der Waals surface area contributed by atoms with E-state index < -0.39 is 5.97 Å². The van der Waals surface area contributed by atoms with Crippen LogP contribution >= 0.6 is 0 Å². The van der Waals surface area contributed by atoms with Gasteiger partial charge in [0, 0.05) is 18.5 Å². The van der Waals surface area contributed by atoms with E-state index >= 15 is 0 Å². The van der Waals surface area contributed by atoms with Gasteiger partial charge >= 0.3 is 5.97 Å². The van der Waals surface area contributed by atoms with Gasteiger partial charge < -0.3 is 15.5 Å². The smallest absolute Gasteiger partial charge is 0.303 e. The van der Waals surface area contributed by atoms with E-state index in [1.165, 1.54) is 12.1 Å². The third-order valence-electron chi connectivity index (χ3n) is 2.96. The van der Waals surface area contributed by atoms with E-state index in [-0.39, 0.29) is 18.1 Å². The third kappa shape index (κ3) is 6.78. The molecule has 0 saturated carbocycles. The van der Waals surface area contributed by atoms with Crippen LogP contribution in [0.4, 0.5) is 0 Å². The van der Waals surface area contributed by atoms with E-state index in [9.17, 15) is 14.7 Å². The van der Waals surface area contributed by atoms with Crippen LogP contribution in [0.25, 0.3) is 0 Å². The Labute approximate surface area is 118 Å². The summed E-state index contributed by atoms with van der Waals surface area (Å²) in [5.74, 6) is -0.855. The Bertz CT molecular complexity index is 445. The fourth-order valence-electron chi connectivity index (χ4n) is 1.88. The van der Waals surface area contributed by atoms with Crippen molar-refractivity contribution in [3.63, 3.8) is 0 Å². The molecule has 5 nitrogen and oxygen atoms in total. The summed E-state index contributed by atoms with van der Waals surface area (Å²) in [6.45, 7) is 0.591. The van der Waals surface area contributed by atoms with Crippen molar-refractivity contribution in [2.45, 2.75) is 38.5 Å². The molecule has 0 bridgehead atoms. The van der Waals surface area contributed by atoms with Gasteiger partial charge in [-0.3, -0.25) is 9.59 Å². The summed E-state index contributed by atoms with van der Waals surface area (Å²) < 4.78 is 0. The van der Waals surface area contributed by atoms with Gasteiger partial charge in [0.25, 0.3) is 5.91 Å². The van der Waals surface area contributed by atoms with Gasteiger partial charge in [-0.15, -0.1) is 0 Å². The lowest BCUT2D eigenvalue weighted by molar-refractivity contribution is -0.137. The van der Waals surface area contributed by atoms with Gasteiger partial charge in [0.05, 0.1) is 0 Å². The van der Waals surface area contributed by atoms with Crippen molar-refractivity contribution in [3.8, 4) is 5.75 Å². The predicted molar refractivity (Wildman–Crippen MR) is 75.8 cm³/mol. The second-order valence-corrected chi connectivity index (χ2v) is 4.72. The summed E-state index contributed by atoms with van der Waals surface area (Å²) in [6.07, 6.45) is 4.68. The maximum atomic E-state index is 11.7. The van der Waals surface area contributed by atoms with Gasteiger partial charge in [0.15, 0.2) is 0 Å². The number of rotatable bonds is 9. The van der Waals surface area contributed by atoms with Crippen molar-refractivity contribution in [2.24, 2.45) is 0 Å². The fourth-order valence-corrected chi connectivity index (χ4v) is 1.88. The van der Waals surface area contributed by atoms with E-state index in [1.54, 1.807) is 12.1 Å². The van der Waals surface area contributed by atoms with Crippen LogP contribution in [0.2, 0.25) is 0 Å². The second-order valence-electron chi connectivity index (χ2n) is 4.72. The summed E-state index contributed by atoms with van der Waals surface area (Å²) in [4.78, 5) is 22.0. The molecule has 0 atom stereocenters. The number of carbonyl (C=O) groups excluding carboxylic acids is 1. The van der Waals surface area contributed by atoms with Crippen molar-refractivity contribution >= 4 is 11.9 Å². The lowest BCUT2D eigenvalue weighted by Gasteiger charge is -2.05. The van der Waals surface area contributed by atoms with Crippen LogP contribution in [0.3, 0.4) is 0 Å². The molecular weight excluding hydrogens is 258 g/mol. The number of aliphatic carboxylic acids is 1. The van der Waals surface area contributed by atoms with Crippen molar-refractivity contribution in [3.05, 3.63) is 29.8 Å². The topological polar surface area (TPSA) is 86.6 Å². The summed E-state index contributed by atoms with van der Waals surface area (Å²) >= 11 is 0. The second kappa shape index (κ2) is 8.96. The number of aromatic hydroxyl groups is 1. The van der Waals surface area contributed by atoms with E-state index in [0.717, 1.165) is 25.7 Å². The Hall–Kier alpha value is -2.04. The predicted octanol–water partition coefficient (Wildman–Crippen LogP) is 2.55. The van der Waals surface area contributed by atoms with Gasteiger partial charge in [0.2, 0.25) is 0 Å². The zero-order valence-electron chi connectivity index (χ0n) is 11.5. The first-order chi connectivity index (χ1) is 9.59. The SMILES string of the molecule is O=C(O)CCCCCCCNC(=O)c1cccc(O)c1. The van der Waals surface area contributed by atoms with Gasteiger partial charge in [0.1, 0.15) is 5.75 Å². The molecule has 3 N–H and O–H groups in total. The van der Waals surface area contributed by atoms with E-state index in [4.69, 9.17) is 5.11 Å². The summed E-state index contributed by atoms with van der Waals surface area (Å²) in [6, 6.07) is 6.24. The van der Waals surface area contributed by atoms with Crippen molar-refractivity contribution in [1.82, 2.24) is 5.32 Å². The number of carboxylic acid groups (broad SMARTS) is 1. The number of amides is 1. The van der Waals surface area contributed by atoms with Crippen LogP contribution in [-0.2, 0) is 4.79 Å². The highest BCUT2D eigenvalue weighted by molar-refractivity contribution is 5.94. The number of benzene rings is 1. The molecule has 0 saturated heterocycles. The van der Waals surface area contributed by atoms with Crippen LogP contribution < -0.4 is 5.32 Å². The molecule has 1 rings (SSSR count). The number of phenolic OH excluding ortho intramolecular Hbond substituents is 1. The molecule has 0 spiro atoms. The summed E-state index contributed by atoms with van der Waals surface area (Å²) in [7, 11) is 0. The highest BCUT2D eigenvalue weighted by Gasteiger charge is 2.04. The molecule has 0 aliphatic heterocycles. The van der Waals surface area contributed by atoms with Crippen LogP contribution in [0.5, 0.6) is 5.75 Å². The average Bonchev–Trinajstić information content (AvgIpc) is 2.41. The Morgan fingerprint density at radius 1 is 1.05 bits per heavy atom. The quantitative estimate of drug-likeness (QED) is 0.606. The van der Waals surface area contributed by atoms with E-state index in [2.05, 4.69) is 5.32 Å². The molecule has 0 unspecified atom stereocenters. The minimum Gasteiger partial charge on any atom is -0.508 e. The Kier molecular flexibility index (Phi) is 7.17. The largest absolute Gasteiger partial charge is 0.508 e. The van der Waals surface area contributed by atoms with Crippen LogP contribution in [0.15, 0.2) is 24.3 Å².